The molecule has 0 saturated heterocycles. The van der Waals surface area contributed by atoms with E-state index in [1.165, 1.54) is 13.0 Å². The topological polar surface area (TPSA) is 84.3 Å². The van der Waals surface area contributed by atoms with Gasteiger partial charge in [0, 0.05) is 24.8 Å². The van der Waals surface area contributed by atoms with Gasteiger partial charge in [0.2, 0.25) is 15.9 Å². The summed E-state index contributed by atoms with van der Waals surface area (Å²) in [6, 6.07) is 16.3. The Hall–Kier alpha value is -2.97. The fraction of sp³-hybridized carbons (Fsp3) is 0.238. The maximum absolute atomic E-state index is 12.8. The summed E-state index contributed by atoms with van der Waals surface area (Å²) in [5.74, 6) is -0.0426. The molecule has 0 fully saturated rings. The van der Waals surface area contributed by atoms with E-state index >= 15 is 0 Å². The highest BCUT2D eigenvalue weighted by atomic mass is 32.2. The van der Waals surface area contributed by atoms with Gasteiger partial charge < -0.3 is 4.90 Å². The minimum atomic E-state index is -3.69. The number of benzene rings is 2. The average molecular weight is 410 g/mol. The summed E-state index contributed by atoms with van der Waals surface area (Å²) in [4.78, 5) is 13.7. The van der Waals surface area contributed by atoms with Crippen LogP contribution in [0, 0.1) is 0 Å². The van der Waals surface area contributed by atoms with Crippen molar-refractivity contribution in [2.45, 2.75) is 37.8 Å². The van der Waals surface area contributed by atoms with Crippen molar-refractivity contribution in [2.75, 3.05) is 4.90 Å². The molecule has 7 nitrogen and oxygen atoms in total. The molecule has 2 aromatic carbocycles. The standard InChI is InChI=1S/C21H22N4O3S/c1-15-12-17-13-20(8-9-21(17)25(15)16(2)26)29(27,28)22-14-18-10-11-24(23-18)19-6-4-3-5-7-19/h3-11,13,15,22H,12,14H2,1-2H3. The summed E-state index contributed by atoms with van der Waals surface area (Å²) in [6.45, 7) is 3.57. The molecule has 1 amide bonds. The summed E-state index contributed by atoms with van der Waals surface area (Å²) in [5, 5.41) is 4.42. The van der Waals surface area contributed by atoms with Crippen molar-refractivity contribution >= 4 is 21.6 Å². The van der Waals surface area contributed by atoms with Gasteiger partial charge in [-0.1, -0.05) is 18.2 Å². The number of anilines is 1. The number of fused-ring (bicyclic) bond motifs is 1. The van der Waals surface area contributed by atoms with E-state index in [4.69, 9.17) is 0 Å². The third-order valence-electron chi connectivity index (χ3n) is 5.02. The van der Waals surface area contributed by atoms with Gasteiger partial charge >= 0.3 is 0 Å². The van der Waals surface area contributed by atoms with Gasteiger partial charge in [-0.2, -0.15) is 5.10 Å². The van der Waals surface area contributed by atoms with Gasteiger partial charge in [-0.25, -0.2) is 17.8 Å². The first-order valence-corrected chi connectivity index (χ1v) is 10.9. The number of nitrogens with zero attached hydrogens (tertiary/aromatic N) is 3. The molecule has 29 heavy (non-hydrogen) atoms. The maximum Gasteiger partial charge on any atom is 0.240 e. The average Bonchev–Trinajstić information content (AvgIpc) is 3.30. The first-order valence-electron chi connectivity index (χ1n) is 9.37. The Balaban J connectivity index is 1.50. The van der Waals surface area contributed by atoms with E-state index in [9.17, 15) is 13.2 Å². The van der Waals surface area contributed by atoms with Crippen LogP contribution in [-0.4, -0.2) is 30.1 Å². The van der Waals surface area contributed by atoms with E-state index < -0.39 is 10.0 Å². The van der Waals surface area contributed by atoms with Crippen LogP contribution in [0.3, 0.4) is 0 Å². The van der Waals surface area contributed by atoms with Gasteiger partial charge in [-0.05, 0) is 55.3 Å². The molecule has 1 aliphatic heterocycles. The molecule has 1 aliphatic rings. The van der Waals surface area contributed by atoms with Crippen LogP contribution in [0.15, 0.2) is 65.7 Å². The molecule has 1 N–H and O–H groups in total. The van der Waals surface area contributed by atoms with E-state index in [1.807, 2.05) is 37.3 Å². The highest BCUT2D eigenvalue weighted by molar-refractivity contribution is 7.89. The Labute approximate surface area is 170 Å². The van der Waals surface area contributed by atoms with Gasteiger partial charge in [0.15, 0.2) is 0 Å². The van der Waals surface area contributed by atoms with Crippen LogP contribution in [0.4, 0.5) is 5.69 Å². The van der Waals surface area contributed by atoms with Crippen molar-refractivity contribution in [1.29, 1.82) is 0 Å². The molecule has 1 unspecified atom stereocenters. The number of hydrogen-bond acceptors (Lipinski definition) is 4. The summed E-state index contributed by atoms with van der Waals surface area (Å²) >= 11 is 0. The quantitative estimate of drug-likeness (QED) is 0.701. The molecule has 0 radical (unpaired) electrons. The summed E-state index contributed by atoms with van der Waals surface area (Å²) < 4.78 is 29.8. The van der Waals surface area contributed by atoms with Crippen LogP contribution in [-0.2, 0) is 27.8 Å². The number of nitrogens with one attached hydrogen (secondary N) is 1. The van der Waals surface area contributed by atoms with Crippen molar-refractivity contribution in [1.82, 2.24) is 14.5 Å². The predicted octanol–water partition coefficient (Wildman–Crippen LogP) is 2.65. The number of carbonyl (C=O) groups excluding carboxylic acids is 1. The Bertz CT molecular complexity index is 1160. The first-order chi connectivity index (χ1) is 13.8. The Kier molecular flexibility index (Phi) is 4.97. The fourth-order valence-electron chi connectivity index (χ4n) is 3.69. The lowest BCUT2D eigenvalue weighted by atomic mass is 10.1. The Morgan fingerprint density at radius 3 is 2.66 bits per heavy atom. The van der Waals surface area contributed by atoms with Crippen LogP contribution < -0.4 is 9.62 Å². The van der Waals surface area contributed by atoms with Gasteiger partial charge in [-0.15, -0.1) is 0 Å². The lowest BCUT2D eigenvalue weighted by molar-refractivity contribution is -0.116. The predicted molar refractivity (Wildman–Crippen MR) is 110 cm³/mol. The Morgan fingerprint density at radius 2 is 1.93 bits per heavy atom. The van der Waals surface area contributed by atoms with Crippen molar-refractivity contribution in [3.63, 3.8) is 0 Å². The molecule has 2 heterocycles. The van der Waals surface area contributed by atoms with Crippen LogP contribution in [0.2, 0.25) is 0 Å². The number of aromatic nitrogens is 2. The second-order valence-electron chi connectivity index (χ2n) is 7.14. The molecule has 0 aliphatic carbocycles. The number of carbonyl (C=O) groups is 1. The molecule has 150 valence electrons. The second kappa shape index (κ2) is 7.46. The molecule has 0 saturated carbocycles. The maximum atomic E-state index is 12.8. The molecule has 8 heteroatoms. The molecular weight excluding hydrogens is 388 g/mol. The van der Waals surface area contributed by atoms with E-state index in [1.54, 1.807) is 34.0 Å². The molecule has 4 rings (SSSR count). The zero-order valence-corrected chi connectivity index (χ0v) is 17.1. The van der Waals surface area contributed by atoms with Crippen molar-refractivity contribution < 1.29 is 13.2 Å². The minimum Gasteiger partial charge on any atom is -0.309 e. The van der Waals surface area contributed by atoms with Crippen LogP contribution in [0.25, 0.3) is 5.69 Å². The molecule has 1 aromatic heterocycles. The largest absolute Gasteiger partial charge is 0.309 e. The van der Waals surface area contributed by atoms with Crippen molar-refractivity contribution in [2.24, 2.45) is 0 Å². The van der Waals surface area contributed by atoms with Crippen LogP contribution in [0.1, 0.15) is 25.1 Å². The highest BCUT2D eigenvalue weighted by Crippen LogP contribution is 2.33. The second-order valence-corrected chi connectivity index (χ2v) is 8.91. The minimum absolute atomic E-state index is 0.0235. The summed E-state index contributed by atoms with van der Waals surface area (Å²) in [6.07, 6.45) is 2.44. The van der Waals surface area contributed by atoms with Gasteiger partial charge in [0.25, 0.3) is 0 Å². The lowest BCUT2D eigenvalue weighted by Gasteiger charge is -2.20. The zero-order valence-electron chi connectivity index (χ0n) is 16.2. The molecule has 3 aromatic rings. The normalized spacial score (nSPS) is 16.1. The molecule has 1 atom stereocenters. The number of amides is 1. The fourth-order valence-corrected chi connectivity index (χ4v) is 4.74. The number of sulfonamides is 1. The molecule has 0 bridgehead atoms. The molecular formula is C21H22N4O3S. The van der Waals surface area contributed by atoms with E-state index in [-0.39, 0.29) is 23.4 Å². The van der Waals surface area contributed by atoms with Gasteiger partial charge in [0.1, 0.15) is 0 Å². The van der Waals surface area contributed by atoms with Gasteiger partial charge in [-0.3, -0.25) is 4.79 Å². The van der Waals surface area contributed by atoms with Crippen molar-refractivity contribution in [3.05, 3.63) is 72.1 Å². The van der Waals surface area contributed by atoms with E-state index in [0.29, 0.717) is 12.1 Å². The molecule has 0 spiro atoms. The third kappa shape index (κ3) is 3.81. The van der Waals surface area contributed by atoms with Crippen LogP contribution in [0.5, 0.6) is 0 Å². The zero-order chi connectivity index (χ0) is 20.6. The van der Waals surface area contributed by atoms with Gasteiger partial charge in [0.05, 0.1) is 22.8 Å². The summed E-state index contributed by atoms with van der Waals surface area (Å²) in [7, 11) is -3.69. The lowest BCUT2D eigenvalue weighted by Crippen LogP contribution is -2.33. The number of hydrogen-bond donors (Lipinski definition) is 1. The van der Waals surface area contributed by atoms with Crippen molar-refractivity contribution in [3.8, 4) is 5.69 Å². The van der Waals surface area contributed by atoms with Crippen LogP contribution >= 0.6 is 0 Å². The van der Waals surface area contributed by atoms with E-state index in [0.717, 1.165) is 16.9 Å². The third-order valence-corrected chi connectivity index (χ3v) is 6.42. The number of rotatable bonds is 5. The first kappa shape index (κ1) is 19.4. The smallest absolute Gasteiger partial charge is 0.240 e. The summed E-state index contributed by atoms with van der Waals surface area (Å²) in [5.41, 5.74) is 3.17. The monoisotopic (exact) mass is 410 g/mol. The number of para-hydroxylation sites is 1. The SMILES string of the molecule is CC(=O)N1c2ccc(S(=O)(=O)NCc3ccn(-c4ccccc4)n3)cc2CC1C. The Morgan fingerprint density at radius 1 is 1.17 bits per heavy atom. The van der Waals surface area contributed by atoms with E-state index in [2.05, 4.69) is 9.82 Å². The highest BCUT2D eigenvalue weighted by Gasteiger charge is 2.30.